The Labute approximate surface area is 116 Å². The Balaban J connectivity index is 2.19. The van der Waals surface area contributed by atoms with Crippen LogP contribution in [0.2, 0.25) is 0 Å². The van der Waals surface area contributed by atoms with Crippen molar-refractivity contribution in [2.45, 2.75) is 45.4 Å². The molecule has 2 rings (SSSR count). The number of benzene rings is 1. The summed E-state index contributed by atoms with van der Waals surface area (Å²) in [5.74, 6) is 0.771. The lowest BCUT2D eigenvalue weighted by molar-refractivity contribution is 0.0991. The third kappa shape index (κ3) is 3.44. The van der Waals surface area contributed by atoms with Gasteiger partial charge in [-0.2, -0.15) is 0 Å². The van der Waals surface area contributed by atoms with E-state index in [-0.39, 0.29) is 5.78 Å². The number of Topliss-reactive ketones (excluding diaryl/α,β-unsaturated/α-hetero) is 1. The number of likely N-dealkylation sites (N-methyl/N-ethyl adjacent to an activating group) is 1. The van der Waals surface area contributed by atoms with E-state index in [2.05, 4.69) is 31.3 Å². The van der Waals surface area contributed by atoms with Crippen molar-refractivity contribution in [2.75, 3.05) is 13.6 Å². The van der Waals surface area contributed by atoms with Crippen molar-refractivity contribution < 1.29 is 4.79 Å². The van der Waals surface area contributed by atoms with E-state index in [0.717, 1.165) is 5.56 Å². The normalized spacial score (nSPS) is 19.3. The van der Waals surface area contributed by atoms with Crippen LogP contribution in [0.25, 0.3) is 0 Å². The van der Waals surface area contributed by atoms with Crippen molar-refractivity contribution in [3.05, 3.63) is 35.4 Å². The van der Waals surface area contributed by atoms with E-state index in [1.165, 1.54) is 31.2 Å². The molecule has 0 atom stereocenters. The zero-order valence-electron chi connectivity index (χ0n) is 12.3. The van der Waals surface area contributed by atoms with Gasteiger partial charge in [-0.3, -0.25) is 4.79 Å². The summed E-state index contributed by atoms with van der Waals surface area (Å²) in [5, 5.41) is 2.96. The number of rotatable bonds is 4. The molecule has 0 aliphatic heterocycles. The van der Waals surface area contributed by atoms with E-state index < -0.39 is 0 Å². The van der Waals surface area contributed by atoms with Crippen LogP contribution in [0.4, 0.5) is 0 Å². The summed E-state index contributed by atoms with van der Waals surface area (Å²) >= 11 is 0. The molecule has 0 aromatic heterocycles. The van der Waals surface area contributed by atoms with Crippen LogP contribution in [-0.4, -0.2) is 19.4 Å². The molecule has 0 amide bonds. The predicted molar refractivity (Wildman–Crippen MR) is 79.7 cm³/mol. The number of carbonyl (C=O) groups is 1. The average molecular weight is 259 g/mol. The van der Waals surface area contributed by atoms with E-state index in [4.69, 9.17) is 0 Å². The van der Waals surface area contributed by atoms with Crippen LogP contribution in [0.3, 0.4) is 0 Å². The molecule has 2 heteroatoms. The van der Waals surface area contributed by atoms with Crippen molar-refractivity contribution in [1.82, 2.24) is 5.32 Å². The van der Waals surface area contributed by atoms with E-state index >= 15 is 0 Å². The minimum atomic E-state index is 0.211. The Morgan fingerprint density at radius 2 is 1.89 bits per heavy atom. The zero-order chi connectivity index (χ0) is 13.9. The Hall–Kier alpha value is -1.15. The lowest BCUT2D eigenvalue weighted by Crippen LogP contribution is -2.23. The maximum absolute atomic E-state index is 12.2. The van der Waals surface area contributed by atoms with Crippen LogP contribution < -0.4 is 5.32 Å². The summed E-state index contributed by atoms with van der Waals surface area (Å²) in [6.45, 7) is 5.12. The van der Waals surface area contributed by atoms with Gasteiger partial charge in [-0.25, -0.2) is 0 Å². The molecule has 1 N–H and O–H groups in total. The van der Waals surface area contributed by atoms with Gasteiger partial charge in [-0.05, 0) is 49.6 Å². The molecule has 0 saturated heterocycles. The second-order valence-electron chi connectivity index (χ2n) is 6.48. The lowest BCUT2D eigenvalue weighted by atomic mass is 9.70. The zero-order valence-corrected chi connectivity index (χ0v) is 12.3. The maximum atomic E-state index is 12.2. The third-order valence-electron chi connectivity index (χ3n) is 4.38. The third-order valence-corrected chi connectivity index (χ3v) is 4.38. The highest BCUT2D eigenvalue weighted by Gasteiger charge is 2.29. The predicted octanol–water partition coefficient (Wildman–Crippen LogP) is 3.77. The molecular weight excluding hydrogens is 234 g/mol. The molecule has 0 unspecified atom stereocenters. The highest BCUT2D eigenvalue weighted by Crippen LogP contribution is 2.43. The van der Waals surface area contributed by atoms with Gasteiger partial charge >= 0.3 is 0 Å². The number of hydrogen-bond donors (Lipinski definition) is 1. The largest absolute Gasteiger partial charge is 0.313 e. The first kappa shape index (κ1) is 14.3. The van der Waals surface area contributed by atoms with Gasteiger partial charge < -0.3 is 5.32 Å². The molecule has 1 aromatic rings. The second-order valence-corrected chi connectivity index (χ2v) is 6.48. The van der Waals surface area contributed by atoms with Crippen molar-refractivity contribution in [3.63, 3.8) is 0 Å². The molecule has 1 aromatic carbocycles. The van der Waals surface area contributed by atoms with Gasteiger partial charge in [0.2, 0.25) is 0 Å². The minimum Gasteiger partial charge on any atom is -0.313 e. The van der Waals surface area contributed by atoms with Gasteiger partial charge in [0.15, 0.2) is 5.78 Å². The molecule has 1 aliphatic carbocycles. The number of hydrogen-bond acceptors (Lipinski definition) is 2. The van der Waals surface area contributed by atoms with E-state index in [0.29, 0.717) is 17.9 Å². The second kappa shape index (κ2) is 5.87. The van der Waals surface area contributed by atoms with Crippen molar-refractivity contribution in [2.24, 2.45) is 5.41 Å². The first-order chi connectivity index (χ1) is 9.03. The van der Waals surface area contributed by atoms with Crippen molar-refractivity contribution in [3.8, 4) is 0 Å². The van der Waals surface area contributed by atoms with Gasteiger partial charge in [-0.15, -0.1) is 0 Å². The Morgan fingerprint density at radius 3 is 2.53 bits per heavy atom. The number of ketones is 1. The highest BCUT2D eigenvalue weighted by molar-refractivity contribution is 5.99. The van der Waals surface area contributed by atoms with Crippen LogP contribution in [-0.2, 0) is 0 Å². The van der Waals surface area contributed by atoms with Crippen LogP contribution in [0.15, 0.2) is 24.3 Å². The van der Waals surface area contributed by atoms with Gasteiger partial charge in [0.1, 0.15) is 0 Å². The van der Waals surface area contributed by atoms with Crippen LogP contribution in [0.5, 0.6) is 0 Å². The SMILES string of the molecule is CNCC(=O)c1ccccc1C1CCC(C)(C)CC1. The number of carbonyl (C=O) groups excluding carboxylic acids is 1. The molecule has 0 radical (unpaired) electrons. The molecule has 2 nitrogen and oxygen atoms in total. The summed E-state index contributed by atoms with van der Waals surface area (Å²) in [6.07, 6.45) is 4.92. The molecule has 1 aliphatic rings. The van der Waals surface area contributed by atoms with Crippen LogP contribution >= 0.6 is 0 Å². The van der Waals surface area contributed by atoms with Gasteiger partial charge in [0, 0.05) is 5.56 Å². The van der Waals surface area contributed by atoms with E-state index in [9.17, 15) is 4.79 Å². The fourth-order valence-corrected chi connectivity index (χ4v) is 3.07. The fraction of sp³-hybridized carbons (Fsp3) is 0.588. The van der Waals surface area contributed by atoms with Crippen LogP contribution in [0.1, 0.15) is 61.4 Å². The molecule has 0 heterocycles. The summed E-state index contributed by atoms with van der Waals surface area (Å²) in [6, 6.07) is 8.16. The van der Waals surface area contributed by atoms with Gasteiger partial charge in [0.25, 0.3) is 0 Å². The molecule has 19 heavy (non-hydrogen) atoms. The standard InChI is InChI=1S/C17H25NO/c1-17(2)10-8-13(9-11-17)14-6-4-5-7-15(14)16(19)12-18-3/h4-7,13,18H,8-12H2,1-3H3. The average Bonchev–Trinajstić information content (AvgIpc) is 2.39. The lowest BCUT2D eigenvalue weighted by Gasteiger charge is -2.35. The molecule has 0 bridgehead atoms. The summed E-state index contributed by atoms with van der Waals surface area (Å²) in [4.78, 5) is 12.2. The number of nitrogens with one attached hydrogen (secondary N) is 1. The van der Waals surface area contributed by atoms with Gasteiger partial charge in [-0.1, -0.05) is 38.1 Å². The molecule has 1 saturated carbocycles. The molecule has 0 spiro atoms. The highest BCUT2D eigenvalue weighted by atomic mass is 16.1. The first-order valence-corrected chi connectivity index (χ1v) is 7.30. The van der Waals surface area contributed by atoms with Crippen molar-refractivity contribution >= 4 is 5.78 Å². The van der Waals surface area contributed by atoms with E-state index in [1.54, 1.807) is 0 Å². The monoisotopic (exact) mass is 259 g/mol. The Bertz CT molecular complexity index is 440. The maximum Gasteiger partial charge on any atom is 0.176 e. The molecule has 1 fully saturated rings. The summed E-state index contributed by atoms with van der Waals surface area (Å²) in [7, 11) is 1.82. The first-order valence-electron chi connectivity index (χ1n) is 7.30. The van der Waals surface area contributed by atoms with Gasteiger partial charge in [0.05, 0.1) is 6.54 Å². The van der Waals surface area contributed by atoms with E-state index in [1.807, 2.05) is 19.2 Å². The smallest absolute Gasteiger partial charge is 0.176 e. The topological polar surface area (TPSA) is 29.1 Å². The molecular formula is C17H25NO. The minimum absolute atomic E-state index is 0.211. The van der Waals surface area contributed by atoms with Crippen molar-refractivity contribution in [1.29, 1.82) is 0 Å². The summed E-state index contributed by atoms with van der Waals surface area (Å²) in [5.41, 5.74) is 2.65. The fourth-order valence-electron chi connectivity index (χ4n) is 3.07. The Morgan fingerprint density at radius 1 is 1.26 bits per heavy atom. The summed E-state index contributed by atoms with van der Waals surface area (Å²) < 4.78 is 0. The Kier molecular flexibility index (Phi) is 4.41. The molecule has 104 valence electrons. The van der Waals surface area contributed by atoms with Crippen LogP contribution in [0, 0.1) is 5.41 Å². The quantitative estimate of drug-likeness (QED) is 0.834.